The maximum Gasteiger partial charge on any atom is 0.0757 e. The van der Waals surface area contributed by atoms with Crippen molar-refractivity contribution < 1.29 is 4.74 Å². The van der Waals surface area contributed by atoms with E-state index in [1.54, 1.807) is 0 Å². The van der Waals surface area contributed by atoms with Gasteiger partial charge in [-0.05, 0) is 38.0 Å². The lowest BCUT2D eigenvalue weighted by atomic mass is 10.0. The molecule has 1 saturated carbocycles. The Morgan fingerprint density at radius 2 is 2.06 bits per heavy atom. The van der Waals surface area contributed by atoms with Crippen LogP contribution in [0, 0.1) is 5.92 Å². The molecule has 2 heteroatoms. The summed E-state index contributed by atoms with van der Waals surface area (Å²) < 4.78 is 5.88. The second-order valence-corrected chi connectivity index (χ2v) is 5.48. The molecule has 2 fully saturated rings. The van der Waals surface area contributed by atoms with E-state index in [2.05, 4.69) is 19.2 Å². The van der Waals surface area contributed by atoms with E-state index in [0.717, 1.165) is 12.5 Å². The number of unbranched alkanes of at least 4 members (excludes halogenated alkanes) is 1. The van der Waals surface area contributed by atoms with Gasteiger partial charge in [-0.2, -0.15) is 0 Å². The number of hydrogen-bond donors (Lipinski definition) is 1. The average Bonchev–Trinajstić information content (AvgIpc) is 3.05. The van der Waals surface area contributed by atoms with Crippen LogP contribution in [-0.4, -0.2) is 24.8 Å². The van der Waals surface area contributed by atoms with Crippen LogP contribution in [0.4, 0.5) is 0 Å². The van der Waals surface area contributed by atoms with Crippen LogP contribution in [0.1, 0.15) is 58.8 Å². The fraction of sp³-hybridized carbons (Fsp3) is 1.00. The van der Waals surface area contributed by atoms with Crippen molar-refractivity contribution in [3.63, 3.8) is 0 Å². The van der Waals surface area contributed by atoms with Crippen LogP contribution >= 0.6 is 0 Å². The highest BCUT2D eigenvalue weighted by Gasteiger charge is 2.40. The van der Waals surface area contributed by atoms with Crippen LogP contribution in [0.5, 0.6) is 0 Å². The Morgan fingerprint density at radius 1 is 1.25 bits per heavy atom. The van der Waals surface area contributed by atoms with Crippen LogP contribution < -0.4 is 5.32 Å². The van der Waals surface area contributed by atoms with E-state index < -0.39 is 0 Å². The van der Waals surface area contributed by atoms with Crippen LogP contribution in [0.3, 0.4) is 0 Å². The number of nitrogens with one attached hydrogen (secondary N) is 1. The molecule has 0 radical (unpaired) electrons. The van der Waals surface area contributed by atoms with Crippen molar-refractivity contribution in [2.24, 2.45) is 5.92 Å². The SMILES string of the molecule is CCCCC(CC)NC1CCOC1C1CC1. The van der Waals surface area contributed by atoms with Gasteiger partial charge in [-0.3, -0.25) is 0 Å². The lowest BCUT2D eigenvalue weighted by Crippen LogP contribution is -2.43. The fourth-order valence-electron chi connectivity index (χ4n) is 2.84. The summed E-state index contributed by atoms with van der Waals surface area (Å²) in [6, 6.07) is 1.36. The number of hydrogen-bond acceptors (Lipinski definition) is 2. The molecule has 2 aliphatic rings. The van der Waals surface area contributed by atoms with E-state index in [9.17, 15) is 0 Å². The van der Waals surface area contributed by atoms with Crippen molar-refractivity contribution in [3.8, 4) is 0 Å². The zero-order valence-corrected chi connectivity index (χ0v) is 10.9. The molecule has 0 spiro atoms. The normalized spacial score (nSPS) is 31.9. The zero-order valence-electron chi connectivity index (χ0n) is 10.9. The van der Waals surface area contributed by atoms with Crippen LogP contribution in [0.2, 0.25) is 0 Å². The highest BCUT2D eigenvalue weighted by atomic mass is 16.5. The largest absolute Gasteiger partial charge is 0.376 e. The minimum Gasteiger partial charge on any atom is -0.376 e. The first-order valence-electron chi connectivity index (χ1n) is 7.22. The van der Waals surface area contributed by atoms with Gasteiger partial charge in [0.05, 0.1) is 6.10 Å². The van der Waals surface area contributed by atoms with E-state index in [4.69, 9.17) is 4.74 Å². The minimum atomic E-state index is 0.538. The monoisotopic (exact) mass is 225 g/mol. The second kappa shape index (κ2) is 6.02. The number of rotatable bonds is 7. The summed E-state index contributed by atoms with van der Waals surface area (Å²) in [6.07, 6.45) is 9.82. The predicted octanol–water partition coefficient (Wildman–Crippen LogP) is 3.11. The molecule has 1 saturated heterocycles. The first-order valence-corrected chi connectivity index (χ1v) is 7.22. The molecule has 1 aliphatic heterocycles. The average molecular weight is 225 g/mol. The van der Waals surface area contributed by atoms with Gasteiger partial charge in [0.2, 0.25) is 0 Å². The molecule has 16 heavy (non-hydrogen) atoms. The Bertz CT molecular complexity index is 203. The molecule has 1 N–H and O–H groups in total. The second-order valence-electron chi connectivity index (χ2n) is 5.48. The number of ether oxygens (including phenoxy) is 1. The molecule has 0 bridgehead atoms. The van der Waals surface area contributed by atoms with Gasteiger partial charge < -0.3 is 10.1 Å². The molecule has 2 rings (SSSR count). The van der Waals surface area contributed by atoms with E-state index in [1.165, 1.54) is 44.9 Å². The van der Waals surface area contributed by atoms with Gasteiger partial charge in [-0.1, -0.05) is 26.7 Å². The third-order valence-electron chi connectivity index (χ3n) is 4.07. The van der Waals surface area contributed by atoms with E-state index >= 15 is 0 Å². The van der Waals surface area contributed by atoms with Gasteiger partial charge in [-0.25, -0.2) is 0 Å². The van der Waals surface area contributed by atoms with Crippen molar-refractivity contribution in [2.75, 3.05) is 6.61 Å². The van der Waals surface area contributed by atoms with Gasteiger partial charge >= 0.3 is 0 Å². The quantitative estimate of drug-likeness (QED) is 0.719. The Kier molecular flexibility index (Phi) is 4.66. The third-order valence-corrected chi connectivity index (χ3v) is 4.07. The summed E-state index contributed by atoms with van der Waals surface area (Å²) in [7, 11) is 0. The summed E-state index contributed by atoms with van der Waals surface area (Å²) in [5, 5.41) is 3.85. The topological polar surface area (TPSA) is 21.3 Å². The van der Waals surface area contributed by atoms with E-state index in [1.807, 2.05) is 0 Å². The molecular formula is C14H27NO. The Balaban J connectivity index is 1.76. The molecule has 2 nitrogen and oxygen atoms in total. The molecule has 0 aromatic rings. The summed E-state index contributed by atoms with van der Waals surface area (Å²) >= 11 is 0. The Hall–Kier alpha value is -0.0800. The molecular weight excluding hydrogens is 198 g/mol. The van der Waals surface area contributed by atoms with Crippen LogP contribution in [0.25, 0.3) is 0 Å². The lowest BCUT2D eigenvalue weighted by molar-refractivity contribution is 0.0784. The predicted molar refractivity (Wildman–Crippen MR) is 67.6 cm³/mol. The maximum atomic E-state index is 5.88. The zero-order chi connectivity index (χ0) is 11.4. The van der Waals surface area contributed by atoms with Crippen molar-refractivity contribution in [1.82, 2.24) is 5.32 Å². The van der Waals surface area contributed by atoms with Gasteiger partial charge in [0.25, 0.3) is 0 Å². The summed E-state index contributed by atoms with van der Waals surface area (Å²) in [5.74, 6) is 0.878. The minimum absolute atomic E-state index is 0.538. The summed E-state index contributed by atoms with van der Waals surface area (Å²) in [6.45, 7) is 5.55. The Morgan fingerprint density at radius 3 is 2.69 bits per heavy atom. The third kappa shape index (κ3) is 3.21. The highest BCUT2D eigenvalue weighted by molar-refractivity contribution is 4.94. The summed E-state index contributed by atoms with van der Waals surface area (Å²) in [4.78, 5) is 0. The first-order chi connectivity index (χ1) is 7.85. The van der Waals surface area contributed by atoms with Gasteiger partial charge in [0.15, 0.2) is 0 Å². The van der Waals surface area contributed by atoms with Gasteiger partial charge in [-0.15, -0.1) is 0 Å². The van der Waals surface area contributed by atoms with Crippen molar-refractivity contribution in [2.45, 2.75) is 77.0 Å². The molecule has 3 unspecified atom stereocenters. The van der Waals surface area contributed by atoms with E-state index in [-0.39, 0.29) is 0 Å². The fourth-order valence-corrected chi connectivity index (χ4v) is 2.84. The van der Waals surface area contributed by atoms with Crippen molar-refractivity contribution in [1.29, 1.82) is 0 Å². The highest BCUT2D eigenvalue weighted by Crippen LogP contribution is 2.38. The van der Waals surface area contributed by atoms with Gasteiger partial charge in [0.1, 0.15) is 0 Å². The maximum absolute atomic E-state index is 5.88. The van der Waals surface area contributed by atoms with Crippen molar-refractivity contribution in [3.05, 3.63) is 0 Å². The molecule has 0 amide bonds. The van der Waals surface area contributed by atoms with Crippen LogP contribution in [-0.2, 0) is 4.74 Å². The molecule has 3 atom stereocenters. The lowest BCUT2D eigenvalue weighted by Gasteiger charge is -2.25. The van der Waals surface area contributed by atoms with Crippen LogP contribution in [0.15, 0.2) is 0 Å². The molecule has 1 aliphatic carbocycles. The molecule has 94 valence electrons. The van der Waals surface area contributed by atoms with Gasteiger partial charge in [0, 0.05) is 18.7 Å². The van der Waals surface area contributed by atoms with Crippen molar-refractivity contribution >= 4 is 0 Å². The van der Waals surface area contributed by atoms with E-state index in [0.29, 0.717) is 18.2 Å². The first kappa shape index (κ1) is 12.4. The Labute approximate surface area is 100 Å². The smallest absolute Gasteiger partial charge is 0.0757 e. The summed E-state index contributed by atoms with van der Waals surface area (Å²) in [5.41, 5.74) is 0. The standard InChI is InChI=1S/C14H27NO/c1-3-5-6-12(4-2)15-13-9-10-16-14(13)11-7-8-11/h11-15H,3-10H2,1-2H3. The molecule has 0 aromatic carbocycles. The molecule has 0 aromatic heterocycles. The molecule has 1 heterocycles.